The lowest BCUT2D eigenvalue weighted by molar-refractivity contribution is -0.125. The molecule has 0 unspecified atom stereocenters. The van der Waals surface area contributed by atoms with Gasteiger partial charge in [0.25, 0.3) is 5.91 Å². The van der Waals surface area contributed by atoms with Crippen LogP contribution in [-0.4, -0.2) is 37.5 Å². The number of rotatable bonds is 4. The van der Waals surface area contributed by atoms with Crippen molar-refractivity contribution in [1.82, 2.24) is 15.5 Å². The van der Waals surface area contributed by atoms with E-state index >= 15 is 0 Å². The monoisotopic (exact) mass is 325 g/mol. The van der Waals surface area contributed by atoms with Crippen LogP contribution in [0.25, 0.3) is 0 Å². The number of likely N-dealkylation sites (N-methyl/N-ethyl adjacent to an activating group) is 1. The minimum absolute atomic E-state index is 0.0912. The highest BCUT2D eigenvalue weighted by Crippen LogP contribution is 2.34. The van der Waals surface area contributed by atoms with Crippen LogP contribution in [0.4, 0.5) is 13.6 Å². The first-order valence-corrected chi connectivity index (χ1v) is 6.85. The van der Waals surface area contributed by atoms with Crippen molar-refractivity contribution in [2.24, 2.45) is 0 Å². The van der Waals surface area contributed by atoms with Crippen LogP contribution in [0, 0.1) is 0 Å². The Labute approximate surface area is 132 Å². The van der Waals surface area contributed by atoms with E-state index in [1.54, 1.807) is 27.1 Å². The van der Waals surface area contributed by atoms with Crippen LogP contribution in [0.3, 0.4) is 0 Å². The summed E-state index contributed by atoms with van der Waals surface area (Å²) in [6.45, 7) is -1.43. The number of alkyl halides is 2. The van der Waals surface area contributed by atoms with E-state index in [-0.39, 0.29) is 22.8 Å². The first-order chi connectivity index (χ1) is 10.8. The number of para-hydroxylation sites is 1. The Morgan fingerprint density at radius 2 is 1.96 bits per heavy atom. The van der Waals surface area contributed by atoms with Crippen LogP contribution < -0.4 is 15.4 Å². The molecule has 1 heterocycles. The smallest absolute Gasteiger partial charge is 0.387 e. The molecular weight excluding hydrogens is 308 g/mol. The molecule has 6 nitrogen and oxygen atoms in total. The topological polar surface area (TPSA) is 70.7 Å². The van der Waals surface area contributed by atoms with Gasteiger partial charge in [-0.05, 0) is 13.0 Å². The SMILES string of the molecule is CC1=C(C(=O)N(C)C)[C@@H](c2ccccc2OC(F)F)NC(=O)N1. The van der Waals surface area contributed by atoms with Crippen LogP contribution in [0.2, 0.25) is 0 Å². The molecule has 1 aromatic rings. The zero-order valence-corrected chi connectivity index (χ0v) is 12.9. The van der Waals surface area contributed by atoms with Crippen molar-refractivity contribution in [2.75, 3.05) is 14.1 Å². The van der Waals surface area contributed by atoms with Crippen molar-refractivity contribution >= 4 is 11.9 Å². The zero-order chi connectivity index (χ0) is 17.1. The molecular formula is C15H17F2N3O3. The predicted octanol–water partition coefficient (Wildman–Crippen LogP) is 2.00. The van der Waals surface area contributed by atoms with Crippen molar-refractivity contribution in [3.63, 3.8) is 0 Å². The molecule has 8 heteroatoms. The first-order valence-electron chi connectivity index (χ1n) is 6.85. The van der Waals surface area contributed by atoms with Gasteiger partial charge in [0.15, 0.2) is 0 Å². The van der Waals surface area contributed by atoms with Gasteiger partial charge in [-0.25, -0.2) is 4.79 Å². The van der Waals surface area contributed by atoms with Gasteiger partial charge in [0.1, 0.15) is 5.75 Å². The number of nitrogens with zero attached hydrogens (tertiary/aromatic N) is 1. The number of ether oxygens (including phenoxy) is 1. The number of hydrogen-bond donors (Lipinski definition) is 2. The van der Waals surface area contributed by atoms with Crippen LogP contribution in [-0.2, 0) is 4.79 Å². The zero-order valence-electron chi connectivity index (χ0n) is 12.9. The summed E-state index contributed by atoms with van der Waals surface area (Å²) in [5, 5.41) is 5.10. The third kappa shape index (κ3) is 3.58. The van der Waals surface area contributed by atoms with E-state index in [1.807, 2.05) is 0 Å². The van der Waals surface area contributed by atoms with E-state index in [1.165, 1.54) is 23.1 Å². The Hall–Kier alpha value is -2.64. The maximum Gasteiger partial charge on any atom is 0.387 e. The predicted molar refractivity (Wildman–Crippen MR) is 78.9 cm³/mol. The molecule has 0 aromatic heterocycles. The van der Waals surface area contributed by atoms with E-state index in [4.69, 9.17) is 0 Å². The number of amides is 3. The second-order valence-corrected chi connectivity index (χ2v) is 5.19. The highest BCUT2D eigenvalue weighted by molar-refractivity contribution is 5.98. The molecule has 3 amide bonds. The van der Waals surface area contributed by atoms with E-state index < -0.39 is 18.7 Å². The van der Waals surface area contributed by atoms with Gasteiger partial charge >= 0.3 is 12.6 Å². The number of carbonyl (C=O) groups is 2. The standard InChI is InChI=1S/C15H17F2N3O3/c1-8-11(13(21)20(2)3)12(19-15(22)18-8)9-6-4-5-7-10(9)23-14(16)17/h4-7,12,14H,1-3H3,(H2,18,19,22)/t12-/m1/s1. The van der Waals surface area contributed by atoms with Crippen molar-refractivity contribution in [2.45, 2.75) is 19.6 Å². The van der Waals surface area contributed by atoms with E-state index in [9.17, 15) is 18.4 Å². The highest BCUT2D eigenvalue weighted by Gasteiger charge is 2.33. The average molecular weight is 325 g/mol. The van der Waals surface area contributed by atoms with Crippen molar-refractivity contribution < 1.29 is 23.1 Å². The molecule has 0 saturated heterocycles. The quantitative estimate of drug-likeness (QED) is 0.889. The maximum atomic E-state index is 12.6. The van der Waals surface area contributed by atoms with Gasteiger partial charge < -0.3 is 20.3 Å². The summed E-state index contributed by atoms with van der Waals surface area (Å²) in [5.74, 6) is -0.432. The van der Waals surface area contributed by atoms with Crippen molar-refractivity contribution in [3.05, 3.63) is 41.1 Å². The Kier molecular flexibility index (Phi) is 4.83. The van der Waals surface area contributed by atoms with Gasteiger partial charge in [-0.3, -0.25) is 4.79 Å². The second kappa shape index (κ2) is 6.64. The van der Waals surface area contributed by atoms with Gasteiger partial charge in [-0.15, -0.1) is 0 Å². The first kappa shape index (κ1) is 16.7. The number of carbonyl (C=O) groups excluding carboxylic acids is 2. The third-order valence-electron chi connectivity index (χ3n) is 3.35. The van der Waals surface area contributed by atoms with Gasteiger partial charge in [-0.1, -0.05) is 18.2 Å². The van der Waals surface area contributed by atoms with Gasteiger partial charge in [0, 0.05) is 25.4 Å². The summed E-state index contributed by atoms with van der Waals surface area (Å²) in [7, 11) is 3.13. The number of nitrogens with one attached hydrogen (secondary N) is 2. The average Bonchev–Trinajstić information content (AvgIpc) is 2.45. The van der Waals surface area contributed by atoms with Crippen LogP contribution in [0.5, 0.6) is 5.75 Å². The molecule has 2 rings (SSSR count). The molecule has 1 aromatic carbocycles. The normalized spacial score (nSPS) is 17.7. The molecule has 1 aliphatic rings. The summed E-state index contributed by atoms with van der Waals surface area (Å²) in [6, 6.07) is 4.65. The number of halogens is 2. The molecule has 2 N–H and O–H groups in total. The van der Waals surface area contributed by atoms with E-state index in [0.717, 1.165) is 0 Å². The number of hydrogen-bond acceptors (Lipinski definition) is 3. The number of benzene rings is 1. The van der Waals surface area contributed by atoms with Crippen molar-refractivity contribution in [1.29, 1.82) is 0 Å². The molecule has 0 radical (unpaired) electrons. The van der Waals surface area contributed by atoms with Crippen LogP contribution in [0.1, 0.15) is 18.5 Å². The number of urea groups is 1. The molecule has 0 spiro atoms. The fourth-order valence-corrected chi connectivity index (χ4v) is 2.37. The maximum absolute atomic E-state index is 12.6. The molecule has 0 saturated carbocycles. The van der Waals surface area contributed by atoms with E-state index in [0.29, 0.717) is 5.70 Å². The Morgan fingerprint density at radius 1 is 1.30 bits per heavy atom. The lowest BCUT2D eigenvalue weighted by atomic mass is 9.94. The fraction of sp³-hybridized carbons (Fsp3) is 0.333. The molecule has 0 aliphatic carbocycles. The Bertz CT molecular complexity index is 659. The second-order valence-electron chi connectivity index (χ2n) is 5.19. The highest BCUT2D eigenvalue weighted by atomic mass is 19.3. The van der Waals surface area contributed by atoms with Gasteiger partial charge in [-0.2, -0.15) is 8.78 Å². The summed E-state index contributed by atoms with van der Waals surface area (Å²) in [4.78, 5) is 25.5. The van der Waals surface area contributed by atoms with Gasteiger partial charge in [0.2, 0.25) is 0 Å². The fourth-order valence-electron chi connectivity index (χ4n) is 2.37. The third-order valence-corrected chi connectivity index (χ3v) is 3.35. The minimum Gasteiger partial charge on any atom is -0.434 e. The largest absolute Gasteiger partial charge is 0.434 e. The summed E-state index contributed by atoms with van der Waals surface area (Å²) >= 11 is 0. The molecule has 1 atom stereocenters. The lowest BCUT2D eigenvalue weighted by Crippen LogP contribution is -2.46. The summed E-state index contributed by atoms with van der Waals surface area (Å²) < 4.78 is 29.7. The minimum atomic E-state index is -3.01. The van der Waals surface area contributed by atoms with Crippen LogP contribution >= 0.6 is 0 Å². The Morgan fingerprint density at radius 3 is 2.57 bits per heavy atom. The van der Waals surface area contributed by atoms with E-state index in [2.05, 4.69) is 15.4 Å². The van der Waals surface area contributed by atoms with Crippen molar-refractivity contribution in [3.8, 4) is 5.75 Å². The van der Waals surface area contributed by atoms with Gasteiger partial charge in [0.05, 0.1) is 11.6 Å². The molecule has 0 bridgehead atoms. The summed E-state index contributed by atoms with van der Waals surface area (Å²) in [5.41, 5.74) is 0.913. The summed E-state index contributed by atoms with van der Waals surface area (Å²) in [6.07, 6.45) is 0. The molecule has 124 valence electrons. The molecule has 0 fully saturated rings. The number of allylic oxidation sites excluding steroid dienone is 1. The molecule has 1 aliphatic heterocycles. The lowest BCUT2D eigenvalue weighted by Gasteiger charge is -2.30. The molecule has 23 heavy (non-hydrogen) atoms. The Balaban J connectivity index is 2.53. The van der Waals surface area contributed by atoms with Crippen LogP contribution in [0.15, 0.2) is 35.5 Å².